The summed E-state index contributed by atoms with van der Waals surface area (Å²) in [6, 6.07) is 9.95. The fraction of sp³-hybridized carbons (Fsp3) is 0.522. The van der Waals surface area contributed by atoms with Crippen LogP contribution >= 0.6 is 0 Å². The third kappa shape index (κ3) is 5.25. The second-order valence-corrected chi connectivity index (χ2v) is 8.08. The Balaban J connectivity index is 1.42. The molecule has 1 aliphatic heterocycles. The molecule has 1 amide bonds. The number of nitrogens with zero attached hydrogens (tertiary/aromatic N) is 3. The van der Waals surface area contributed by atoms with Crippen molar-refractivity contribution in [3.05, 3.63) is 42.7 Å². The molecule has 2 heterocycles. The van der Waals surface area contributed by atoms with Gasteiger partial charge in [0.2, 0.25) is 5.91 Å². The molecule has 154 valence electrons. The quantitative estimate of drug-likeness (QED) is 0.765. The van der Waals surface area contributed by atoms with Gasteiger partial charge in [-0.3, -0.25) is 4.79 Å². The predicted octanol–water partition coefficient (Wildman–Crippen LogP) is 4.32. The molecular formula is C23H30N4O2. The average molecular weight is 395 g/mol. The minimum Gasteiger partial charge on any atom is -0.436 e. The SMILES string of the molecule is O=C(NC1CCCCCC1)[C@H]1CCCN(c2nccnc2Oc2ccccc2)C1. The van der Waals surface area contributed by atoms with Crippen LogP contribution in [0.4, 0.5) is 5.82 Å². The van der Waals surface area contributed by atoms with E-state index in [0.717, 1.165) is 38.0 Å². The van der Waals surface area contributed by atoms with Crippen molar-refractivity contribution in [2.24, 2.45) is 5.92 Å². The Morgan fingerprint density at radius 2 is 1.72 bits per heavy atom. The van der Waals surface area contributed by atoms with Gasteiger partial charge in [0.05, 0.1) is 5.92 Å². The zero-order chi connectivity index (χ0) is 19.9. The highest BCUT2D eigenvalue weighted by Crippen LogP contribution is 2.31. The Bertz CT molecular complexity index is 790. The summed E-state index contributed by atoms with van der Waals surface area (Å²) in [7, 11) is 0. The predicted molar refractivity (Wildman–Crippen MR) is 113 cm³/mol. The number of carbonyl (C=O) groups is 1. The van der Waals surface area contributed by atoms with Crippen molar-refractivity contribution in [1.82, 2.24) is 15.3 Å². The van der Waals surface area contributed by atoms with Gasteiger partial charge in [-0.2, -0.15) is 0 Å². The molecule has 6 nitrogen and oxygen atoms in total. The van der Waals surface area contributed by atoms with Crippen molar-refractivity contribution >= 4 is 11.7 Å². The first kappa shape index (κ1) is 19.7. The molecule has 2 aliphatic rings. The van der Waals surface area contributed by atoms with Crippen molar-refractivity contribution in [2.45, 2.75) is 57.4 Å². The number of rotatable bonds is 5. The van der Waals surface area contributed by atoms with Gasteiger partial charge < -0.3 is 15.0 Å². The number of hydrogen-bond donors (Lipinski definition) is 1. The number of ether oxygens (including phenoxy) is 1. The van der Waals surface area contributed by atoms with Gasteiger partial charge in [-0.05, 0) is 37.8 Å². The lowest BCUT2D eigenvalue weighted by Crippen LogP contribution is -2.46. The number of anilines is 1. The zero-order valence-corrected chi connectivity index (χ0v) is 16.9. The smallest absolute Gasteiger partial charge is 0.263 e. The first-order chi connectivity index (χ1) is 14.3. The van der Waals surface area contributed by atoms with Gasteiger partial charge in [0.15, 0.2) is 5.82 Å². The van der Waals surface area contributed by atoms with Crippen molar-refractivity contribution in [1.29, 1.82) is 0 Å². The topological polar surface area (TPSA) is 67.4 Å². The molecule has 1 N–H and O–H groups in total. The third-order valence-corrected chi connectivity index (χ3v) is 5.90. The number of benzene rings is 1. The highest BCUT2D eigenvalue weighted by molar-refractivity contribution is 5.80. The lowest BCUT2D eigenvalue weighted by Gasteiger charge is -2.34. The van der Waals surface area contributed by atoms with E-state index < -0.39 is 0 Å². The number of piperidine rings is 1. The van der Waals surface area contributed by atoms with Crippen LogP contribution in [0, 0.1) is 5.92 Å². The molecule has 1 atom stereocenters. The van der Waals surface area contributed by atoms with Gasteiger partial charge in [0, 0.05) is 31.5 Å². The van der Waals surface area contributed by atoms with Crippen LogP contribution in [-0.2, 0) is 4.79 Å². The maximum absolute atomic E-state index is 12.9. The minimum atomic E-state index is -0.0152. The minimum absolute atomic E-state index is 0.0152. The highest BCUT2D eigenvalue weighted by Gasteiger charge is 2.29. The first-order valence-corrected chi connectivity index (χ1v) is 10.9. The van der Waals surface area contributed by atoms with Gasteiger partial charge >= 0.3 is 0 Å². The van der Waals surface area contributed by atoms with E-state index in [-0.39, 0.29) is 11.8 Å². The molecule has 4 rings (SSSR count). The lowest BCUT2D eigenvalue weighted by atomic mass is 9.96. The molecule has 0 bridgehead atoms. The number of hydrogen-bond acceptors (Lipinski definition) is 5. The van der Waals surface area contributed by atoms with Crippen LogP contribution in [0.1, 0.15) is 51.4 Å². The Kier molecular flexibility index (Phi) is 6.60. The second kappa shape index (κ2) is 9.72. The van der Waals surface area contributed by atoms with Crippen LogP contribution < -0.4 is 15.0 Å². The molecular weight excluding hydrogens is 364 g/mol. The van der Waals surface area contributed by atoms with Gasteiger partial charge in [0.25, 0.3) is 5.88 Å². The Hall–Kier alpha value is -2.63. The van der Waals surface area contributed by atoms with Crippen LogP contribution in [0.5, 0.6) is 11.6 Å². The molecule has 1 aliphatic carbocycles. The number of aromatic nitrogens is 2. The van der Waals surface area contributed by atoms with Crippen molar-refractivity contribution in [3.63, 3.8) is 0 Å². The van der Waals surface area contributed by atoms with Gasteiger partial charge in [-0.1, -0.05) is 43.9 Å². The summed E-state index contributed by atoms with van der Waals surface area (Å²) >= 11 is 0. The summed E-state index contributed by atoms with van der Waals surface area (Å²) < 4.78 is 5.98. The lowest BCUT2D eigenvalue weighted by molar-refractivity contribution is -0.126. The Morgan fingerprint density at radius 1 is 0.966 bits per heavy atom. The molecule has 29 heavy (non-hydrogen) atoms. The van der Waals surface area contributed by atoms with E-state index in [4.69, 9.17) is 4.74 Å². The number of nitrogens with one attached hydrogen (secondary N) is 1. The van der Waals surface area contributed by atoms with E-state index in [1.807, 2.05) is 30.3 Å². The second-order valence-electron chi connectivity index (χ2n) is 8.08. The molecule has 1 saturated heterocycles. The Morgan fingerprint density at radius 3 is 2.52 bits per heavy atom. The van der Waals surface area contributed by atoms with Crippen LogP contribution in [0.25, 0.3) is 0 Å². The van der Waals surface area contributed by atoms with Gasteiger partial charge in [0.1, 0.15) is 5.75 Å². The monoisotopic (exact) mass is 394 g/mol. The van der Waals surface area contributed by atoms with Crippen LogP contribution in [0.15, 0.2) is 42.7 Å². The Labute approximate surface area is 172 Å². The zero-order valence-electron chi connectivity index (χ0n) is 16.9. The van der Waals surface area contributed by atoms with E-state index in [9.17, 15) is 4.79 Å². The summed E-state index contributed by atoms with van der Waals surface area (Å²) in [5.74, 6) is 2.11. The number of amides is 1. The summed E-state index contributed by atoms with van der Waals surface area (Å²) in [5.41, 5.74) is 0. The molecule has 0 radical (unpaired) electrons. The maximum atomic E-state index is 12.9. The van der Waals surface area contributed by atoms with Crippen molar-refractivity contribution < 1.29 is 9.53 Å². The maximum Gasteiger partial charge on any atom is 0.263 e. The van der Waals surface area contributed by atoms with E-state index in [2.05, 4.69) is 20.2 Å². The first-order valence-electron chi connectivity index (χ1n) is 10.9. The summed E-state index contributed by atoms with van der Waals surface area (Å²) in [4.78, 5) is 24.0. The van der Waals surface area contributed by atoms with E-state index in [0.29, 0.717) is 24.3 Å². The third-order valence-electron chi connectivity index (χ3n) is 5.90. The van der Waals surface area contributed by atoms with Crippen LogP contribution in [0.3, 0.4) is 0 Å². The fourth-order valence-corrected chi connectivity index (χ4v) is 4.33. The molecule has 0 unspecified atom stereocenters. The largest absolute Gasteiger partial charge is 0.436 e. The highest BCUT2D eigenvalue weighted by atomic mass is 16.5. The molecule has 1 aromatic heterocycles. The van der Waals surface area contributed by atoms with Gasteiger partial charge in [-0.15, -0.1) is 0 Å². The standard InChI is InChI=1S/C23H30N4O2/c28-22(26-19-10-4-1-2-5-11-19)18-9-8-16-27(17-18)21-23(25-15-14-24-21)29-20-12-6-3-7-13-20/h3,6-7,12-15,18-19H,1-2,4-5,8-11,16-17H2,(H,26,28)/t18-/m0/s1. The number of carbonyl (C=O) groups excluding carboxylic acids is 1. The average Bonchev–Trinajstić information content (AvgIpc) is 3.04. The molecule has 1 aromatic carbocycles. The van der Waals surface area contributed by atoms with E-state index in [1.54, 1.807) is 12.4 Å². The molecule has 6 heteroatoms. The van der Waals surface area contributed by atoms with Crippen molar-refractivity contribution in [2.75, 3.05) is 18.0 Å². The summed E-state index contributed by atoms with van der Waals surface area (Å²) in [6.45, 7) is 1.51. The molecule has 0 spiro atoms. The van der Waals surface area contributed by atoms with E-state index in [1.165, 1.54) is 25.7 Å². The fourth-order valence-electron chi connectivity index (χ4n) is 4.33. The number of para-hydroxylation sites is 1. The van der Waals surface area contributed by atoms with Gasteiger partial charge in [-0.25, -0.2) is 9.97 Å². The molecule has 2 fully saturated rings. The normalized spacial score (nSPS) is 20.7. The summed E-state index contributed by atoms with van der Waals surface area (Å²) in [6.07, 6.45) is 12.5. The van der Waals surface area contributed by atoms with Crippen molar-refractivity contribution in [3.8, 4) is 11.6 Å². The van der Waals surface area contributed by atoms with Crippen LogP contribution in [0.2, 0.25) is 0 Å². The van der Waals surface area contributed by atoms with Crippen LogP contribution in [-0.4, -0.2) is 35.0 Å². The van der Waals surface area contributed by atoms with E-state index >= 15 is 0 Å². The molecule has 2 aromatic rings. The molecule has 1 saturated carbocycles. The summed E-state index contributed by atoms with van der Waals surface area (Å²) in [5, 5.41) is 3.32.